The number of rotatable bonds is 6. The summed E-state index contributed by atoms with van der Waals surface area (Å²) < 4.78 is 11.7. The molecular weight excluding hydrogens is 312 g/mol. The zero-order valence-corrected chi connectivity index (χ0v) is 16.2. The number of hydrogen-bond acceptors (Lipinski definition) is 4. The van der Waals surface area contributed by atoms with Crippen LogP contribution in [0.5, 0.6) is 5.75 Å². The molecule has 0 aromatic heterocycles. The first-order valence-corrected chi connectivity index (χ1v) is 9.84. The molecule has 1 aromatic carbocycles. The van der Waals surface area contributed by atoms with Gasteiger partial charge in [0.2, 0.25) is 0 Å². The lowest BCUT2D eigenvalue weighted by Crippen LogP contribution is -2.50. The average Bonchev–Trinajstić information content (AvgIpc) is 3.13. The van der Waals surface area contributed by atoms with Crippen molar-refractivity contribution in [3.05, 3.63) is 29.8 Å². The highest BCUT2D eigenvalue weighted by Crippen LogP contribution is 2.24. The third kappa shape index (κ3) is 5.44. The van der Waals surface area contributed by atoms with Gasteiger partial charge in [0.1, 0.15) is 12.0 Å². The molecule has 3 rings (SSSR count). The molecule has 25 heavy (non-hydrogen) atoms. The molecule has 140 valence electrons. The van der Waals surface area contributed by atoms with E-state index in [9.17, 15) is 0 Å². The lowest BCUT2D eigenvalue weighted by Gasteiger charge is -2.37. The van der Waals surface area contributed by atoms with Gasteiger partial charge in [0.25, 0.3) is 0 Å². The number of nitrogens with zero attached hydrogens (tertiary/aromatic N) is 2. The van der Waals surface area contributed by atoms with Crippen LogP contribution in [0.15, 0.2) is 24.3 Å². The van der Waals surface area contributed by atoms with Crippen molar-refractivity contribution in [3.8, 4) is 5.75 Å². The van der Waals surface area contributed by atoms with Crippen molar-refractivity contribution in [1.29, 1.82) is 0 Å². The van der Waals surface area contributed by atoms with E-state index in [0.717, 1.165) is 58.1 Å². The summed E-state index contributed by atoms with van der Waals surface area (Å²) in [6.45, 7) is 14.2. The highest BCUT2D eigenvalue weighted by molar-refractivity contribution is 5.31. The summed E-state index contributed by atoms with van der Waals surface area (Å²) in [7, 11) is 0. The van der Waals surface area contributed by atoms with Crippen LogP contribution >= 0.6 is 0 Å². The first-order chi connectivity index (χ1) is 12.0. The van der Waals surface area contributed by atoms with Crippen molar-refractivity contribution in [1.82, 2.24) is 9.80 Å². The van der Waals surface area contributed by atoms with Gasteiger partial charge in [0.15, 0.2) is 0 Å². The Kier molecular flexibility index (Phi) is 6.37. The number of piperazine rings is 1. The predicted octanol–water partition coefficient (Wildman–Crippen LogP) is 3.51. The maximum absolute atomic E-state index is 5.91. The smallest absolute Gasteiger partial charge is 0.119 e. The van der Waals surface area contributed by atoms with E-state index in [2.05, 4.69) is 54.8 Å². The van der Waals surface area contributed by atoms with Gasteiger partial charge in [-0.25, -0.2) is 0 Å². The molecule has 0 N–H and O–H groups in total. The van der Waals surface area contributed by atoms with E-state index in [1.165, 1.54) is 18.4 Å². The summed E-state index contributed by atoms with van der Waals surface area (Å²) in [6.07, 6.45) is 3.91. The van der Waals surface area contributed by atoms with E-state index in [0.29, 0.717) is 6.23 Å². The molecule has 0 aliphatic carbocycles. The fourth-order valence-corrected chi connectivity index (χ4v) is 3.65. The Morgan fingerprint density at radius 1 is 1.08 bits per heavy atom. The summed E-state index contributed by atoms with van der Waals surface area (Å²) >= 11 is 0. The third-order valence-electron chi connectivity index (χ3n) is 5.33. The minimum absolute atomic E-state index is 0.199. The monoisotopic (exact) mass is 346 g/mol. The summed E-state index contributed by atoms with van der Waals surface area (Å²) in [5, 5.41) is 0. The van der Waals surface area contributed by atoms with Crippen molar-refractivity contribution in [2.24, 2.45) is 0 Å². The van der Waals surface area contributed by atoms with Crippen LogP contribution in [-0.2, 0) is 10.2 Å². The lowest BCUT2D eigenvalue weighted by atomic mass is 9.87. The topological polar surface area (TPSA) is 24.9 Å². The molecule has 0 saturated carbocycles. The standard InChI is InChI=1S/C21H34N2O2/c1-21(2,3)18-7-9-19(10-8-18)24-17-5-11-22-12-14-23(15-13-22)20-6-4-16-25-20/h7-10,20H,4-6,11-17H2,1-3H3. The zero-order chi connectivity index (χ0) is 17.7. The molecule has 0 amide bonds. The highest BCUT2D eigenvalue weighted by atomic mass is 16.5. The van der Waals surface area contributed by atoms with Crippen molar-refractivity contribution in [2.75, 3.05) is 45.9 Å². The molecule has 2 heterocycles. The van der Waals surface area contributed by atoms with E-state index < -0.39 is 0 Å². The van der Waals surface area contributed by atoms with Gasteiger partial charge < -0.3 is 14.4 Å². The fourth-order valence-electron chi connectivity index (χ4n) is 3.65. The maximum Gasteiger partial charge on any atom is 0.119 e. The summed E-state index contributed by atoms with van der Waals surface area (Å²) in [4.78, 5) is 5.06. The van der Waals surface area contributed by atoms with Gasteiger partial charge >= 0.3 is 0 Å². The molecule has 0 bridgehead atoms. The first-order valence-electron chi connectivity index (χ1n) is 9.84. The Balaban J connectivity index is 1.31. The van der Waals surface area contributed by atoms with Crippen molar-refractivity contribution in [3.63, 3.8) is 0 Å². The Hall–Kier alpha value is -1.10. The molecule has 1 aromatic rings. The minimum Gasteiger partial charge on any atom is -0.494 e. The van der Waals surface area contributed by atoms with Crippen LogP contribution in [0.3, 0.4) is 0 Å². The molecule has 4 heteroatoms. The molecule has 2 fully saturated rings. The van der Waals surface area contributed by atoms with Crippen LogP contribution in [0, 0.1) is 0 Å². The molecule has 1 unspecified atom stereocenters. The second kappa shape index (κ2) is 8.52. The number of hydrogen-bond donors (Lipinski definition) is 0. The molecule has 4 nitrogen and oxygen atoms in total. The van der Waals surface area contributed by atoms with Crippen LogP contribution < -0.4 is 4.74 Å². The summed E-state index contributed by atoms with van der Waals surface area (Å²) in [6, 6.07) is 8.56. The van der Waals surface area contributed by atoms with E-state index in [-0.39, 0.29) is 5.41 Å². The van der Waals surface area contributed by atoms with Gasteiger partial charge in [-0.05, 0) is 42.4 Å². The summed E-state index contributed by atoms with van der Waals surface area (Å²) in [5.41, 5.74) is 1.55. The Morgan fingerprint density at radius 3 is 2.40 bits per heavy atom. The number of benzene rings is 1. The Morgan fingerprint density at radius 2 is 1.80 bits per heavy atom. The SMILES string of the molecule is CC(C)(C)c1ccc(OCCCN2CCN(C3CCCO3)CC2)cc1. The maximum atomic E-state index is 5.91. The molecule has 2 aliphatic heterocycles. The van der Waals surface area contributed by atoms with Crippen LogP contribution in [0.4, 0.5) is 0 Å². The second-order valence-corrected chi connectivity index (χ2v) is 8.32. The van der Waals surface area contributed by atoms with E-state index in [4.69, 9.17) is 9.47 Å². The van der Waals surface area contributed by atoms with E-state index >= 15 is 0 Å². The molecule has 0 spiro atoms. The molecule has 1 atom stereocenters. The fraction of sp³-hybridized carbons (Fsp3) is 0.714. The Bertz CT molecular complexity index is 510. The molecule has 0 radical (unpaired) electrons. The second-order valence-electron chi connectivity index (χ2n) is 8.32. The van der Waals surface area contributed by atoms with Gasteiger partial charge in [-0.1, -0.05) is 32.9 Å². The van der Waals surface area contributed by atoms with Crippen molar-refractivity contribution < 1.29 is 9.47 Å². The van der Waals surface area contributed by atoms with Gasteiger partial charge in [-0.2, -0.15) is 0 Å². The predicted molar refractivity (Wildman–Crippen MR) is 102 cm³/mol. The van der Waals surface area contributed by atoms with Crippen LogP contribution in [0.2, 0.25) is 0 Å². The van der Waals surface area contributed by atoms with Gasteiger partial charge in [0, 0.05) is 39.3 Å². The van der Waals surface area contributed by atoms with Crippen LogP contribution in [-0.4, -0.2) is 62.0 Å². The first kappa shape index (κ1) is 18.7. The molecule has 2 aliphatic rings. The van der Waals surface area contributed by atoms with E-state index in [1.54, 1.807) is 0 Å². The van der Waals surface area contributed by atoms with Crippen LogP contribution in [0.1, 0.15) is 45.6 Å². The van der Waals surface area contributed by atoms with E-state index in [1.807, 2.05) is 0 Å². The van der Waals surface area contributed by atoms with Crippen molar-refractivity contribution in [2.45, 2.75) is 51.7 Å². The van der Waals surface area contributed by atoms with Gasteiger partial charge in [-0.15, -0.1) is 0 Å². The largest absolute Gasteiger partial charge is 0.494 e. The Labute approximate surface area is 153 Å². The number of ether oxygens (including phenoxy) is 2. The third-order valence-corrected chi connectivity index (χ3v) is 5.33. The average molecular weight is 347 g/mol. The normalized spacial score (nSPS) is 23.1. The quantitative estimate of drug-likeness (QED) is 0.736. The highest BCUT2D eigenvalue weighted by Gasteiger charge is 2.26. The minimum atomic E-state index is 0.199. The lowest BCUT2D eigenvalue weighted by molar-refractivity contribution is -0.0423. The zero-order valence-electron chi connectivity index (χ0n) is 16.2. The van der Waals surface area contributed by atoms with Crippen LogP contribution in [0.25, 0.3) is 0 Å². The van der Waals surface area contributed by atoms with Crippen molar-refractivity contribution >= 4 is 0 Å². The summed E-state index contributed by atoms with van der Waals surface area (Å²) in [5.74, 6) is 0.983. The van der Waals surface area contributed by atoms with Gasteiger partial charge in [0.05, 0.1) is 6.61 Å². The molecular formula is C21H34N2O2. The molecule has 2 saturated heterocycles. The van der Waals surface area contributed by atoms with Gasteiger partial charge in [-0.3, -0.25) is 4.90 Å².